The van der Waals surface area contributed by atoms with Crippen LogP contribution < -0.4 is 0 Å². The fourth-order valence-electron chi connectivity index (χ4n) is 2.02. The monoisotopic (exact) mass is 205 g/mol. The molecule has 1 N–H and O–H groups in total. The van der Waals surface area contributed by atoms with E-state index in [0.717, 1.165) is 12.0 Å². The smallest absolute Gasteiger partial charge is 0.225 e. The van der Waals surface area contributed by atoms with E-state index >= 15 is 0 Å². The largest absolute Gasteiger partial charge is 0.367 e. The van der Waals surface area contributed by atoms with Gasteiger partial charge in [-0.05, 0) is 13.3 Å². The van der Waals surface area contributed by atoms with Crippen LogP contribution in [0.5, 0.6) is 0 Å². The molecule has 0 aliphatic carbocycles. The van der Waals surface area contributed by atoms with Gasteiger partial charge in [-0.15, -0.1) is 0 Å². The average molecular weight is 205 g/mol. The third-order valence-corrected chi connectivity index (χ3v) is 2.92. The first-order valence-electron chi connectivity index (χ1n) is 5.21. The third-order valence-electron chi connectivity index (χ3n) is 2.92. The van der Waals surface area contributed by atoms with E-state index in [1.54, 1.807) is 11.8 Å². The van der Waals surface area contributed by atoms with Gasteiger partial charge in [-0.2, -0.15) is 0 Å². The molecule has 15 heavy (non-hydrogen) atoms. The van der Waals surface area contributed by atoms with Crippen molar-refractivity contribution in [3.63, 3.8) is 0 Å². The molecule has 0 bridgehead atoms. The Labute approximate surface area is 89.3 Å². The molecule has 1 atom stereocenters. The standard InChI is InChI=1S/C12H15NO2/c1-12(15,10-6-3-2-4-7-10)13-9-5-8-11(13)14/h2-4,6-7,15H,5,8-9H2,1H3/t12-/m0/s1. The molecular weight excluding hydrogens is 190 g/mol. The Balaban J connectivity index is 2.30. The number of nitrogens with zero attached hydrogens (tertiary/aromatic N) is 1. The van der Waals surface area contributed by atoms with Crippen LogP contribution in [0.4, 0.5) is 0 Å². The predicted molar refractivity (Wildman–Crippen MR) is 57.0 cm³/mol. The fraction of sp³-hybridized carbons (Fsp3) is 0.417. The summed E-state index contributed by atoms with van der Waals surface area (Å²) < 4.78 is 0. The predicted octanol–water partition coefficient (Wildman–Crippen LogP) is 1.47. The highest BCUT2D eigenvalue weighted by Gasteiger charge is 2.37. The van der Waals surface area contributed by atoms with E-state index in [4.69, 9.17) is 0 Å². The van der Waals surface area contributed by atoms with Crippen molar-refractivity contribution in [2.75, 3.05) is 6.54 Å². The van der Waals surface area contributed by atoms with Crippen LogP contribution in [0, 0.1) is 0 Å². The van der Waals surface area contributed by atoms with Crippen LogP contribution >= 0.6 is 0 Å². The van der Waals surface area contributed by atoms with E-state index in [2.05, 4.69) is 0 Å². The minimum atomic E-state index is -1.17. The first kappa shape index (κ1) is 10.2. The lowest BCUT2D eigenvalue weighted by Gasteiger charge is -2.34. The second kappa shape index (κ2) is 3.66. The van der Waals surface area contributed by atoms with E-state index in [1.807, 2.05) is 30.3 Å². The quantitative estimate of drug-likeness (QED) is 0.794. The second-order valence-electron chi connectivity index (χ2n) is 4.04. The Morgan fingerprint density at radius 3 is 2.53 bits per heavy atom. The Morgan fingerprint density at radius 1 is 1.33 bits per heavy atom. The van der Waals surface area contributed by atoms with Crippen LogP contribution in [0.25, 0.3) is 0 Å². The van der Waals surface area contributed by atoms with Crippen LogP contribution in [0.15, 0.2) is 30.3 Å². The molecule has 80 valence electrons. The van der Waals surface area contributed by atoms with Gasteiger partial charge in [0.2, 0.25) is 5.91 Å². The van der Waals surface area contributed by atoms with Crippen molar-refractivity contribution in [1.82, 2.24) is 4.90 Å². The molecule has 1 aliphatic rings. The number of hydrogen-bond acceptors (Lipinski definition) is 2. The van der Waals surface area contributed by atoms with Gasteiger partial charge in [0.05, 0.1) is 0 Å². The molecule has 1 heterocycles. The molecule has 0 saturated carbocycles. The number of hydrogen-bond donors (Lipinski definition) is 1. The van der Waals surface area contributed by atoms with E-state index in [0.29, 0.717) is 13.0 Å². The van der Waals surface area contributed by atoms with Gasteiger partial charge in [-0.3, -0.25) is 4.79 Å². The maximum atomic E-state index is 11.6. The molecule has 1 aromatic carbocycles. The fourth-order valence-corrected chi connectivity index (χ4v) is 2.02. The van der Waals surface area contributed by atoms with Gasteiger partial charge in [-0.1, -0.05) is 30.3 Å². The van der Waals surface area contributed by atoms with Crippen LogP contribution in [0.3, 0.4) is 0 Å². The van der Waals surface area contributed by atoms with Crippen molar-refractivity contribution in [2.45, 2.75) is 25.5 Å². The van der Waals surface area contributed by atoms with Crippen LogP contribution in [0.1, 0.15) is 25.3 Å². The molecule has 0 unspecified atom stereocenters. The first-order chi connectivity index (χ1) is 7.12. The van der Waals surface area contributed by atoms with Crippen LogP contribution in [0.2, 0.25) is 0 Å². The van der Waals surface area contributed by atoms with E-state index in [9.17, 15) is 9.90 Å². The number of rotatable bonds is 2. The zero-order chi connectivity index (χ0) is 10.9. The molecule has 0 radical (unpaired) electrons. The maximum absolute atomic E-state index is 11.6. The van der Waals surface area contributed by atoms with Crippen molar-refractivity contribution in [1.29, 1.82) is 0 Å². The number of carbonyl (C=O) groups excluding carboxylic acids is 1. The van der Waals surface area contributed by atoms with Crippen molar-refractivity contribution < 1.29 is 9.90 Å². The number of likely N-dealkylation sites (tertiary alicyclic amines) is 1. The highest BCUT2D eigenvalue weighted by atomic mass is 16.3. The summed E-state index contributed by atoms with van der Waals surface area (Å²) >= 11 is 0. The van der Waals surface area contributed by atoms with Gasteiger partial charge in [0.1, 0.15) is 0 Å². The normalized spacial score (nSPS) is 20.4. The Bertz CT molecular complexity index is 359. The van der Waals surface area contributed by atoms with Crippen molar-refractivity contribution in [3.05, 3.63) is 35.9 Å². The SMILES string of the molecule is C[C@](O)(c1ccccc1)N1CCCC1=O. The van der Waals surface area contributed by atoms with Gasteiger partial charge in [0.25, 0.3) is 0 Å². The minimum Gasteiger partial charge on any atom is -0.367 e. The summed E-state index contributed by atoms with van der Waals surface area (Å²) in [4.78, 5) is 13.1. The van der Waals surface area contributed by atoms with Crippen molar-refractivity contribution in [3.8, 4) is 0 Å². The van der Waals surface area contributed by atoms with Gasteiger partial charge in [0, 0.05) is 18.5 Å². The number of carbonyl (C=O) groups is 1. The summed E-state index contributed by atoms with van der Waals surface area (Å²) in [5.41, 5.74) is -0.408. The number of benzene rings is 1. The average Bonchev–Trinajstić information content (AvgIpc) is 2.66. The molecule has 0 spiro atoms. The molecule has 0 aromatic heterocycles. The summed E-state index contributed by atoms with van der Waals surface area (Å²) in [6.07, 6.45) is 1.38. The topological polar surface area (TPSA) is 40.5 Å². The summed E-state index contributed by atoms with van der Waals surface area (Å²) in [5.74, 6) is 0.0313. The Morgan fingerprint density at radius 2 is 2.00 bits per heavy atom. The number of aliphatic hydroxyl groups is 1. The minimum absolute atomic E-state index is 0.0313. The molecule has 2 rings (SSSR count). The first-order valence-corrected chi connectivity index (χ1v) is 5.21. The summed E-state index contributed by atoms with van der Waals surface area (Å²) in [6.45, 7) is 2.31. The highest BCUT2D eigenvalue weighted by Crippen LogP contribution is 2.29. The summed E-state index contributed by atoms with van der Waals surface area (Å²) in [7, 11) is 0. The summed E-state index contributed by atoms with van der Waals surface area (Å²) in [6, 6.07) is 9.30. The second-order valence-corrected chi connectivity index (χ2v) is 4.04. The lowest BCUT2D eigenvalue weighted by atomic mass is 10.0. The molecule has 1 fully saturated rings. The van der Waals surface area contributed by atoms with Crippen molar-refractivity contribution >= 4 is 5.91 Å². The van der Waals surface area contributed by atoms with Crippen LogP contribution in [-0.4, -0.2) is 22.5 Å². The lowest BCUT2D eigenvalue weighted by Crippen LogP contribution is -2.44. The lowest BCUT2D eigenvalue weighted by molar-refractivity contribution is -0.152. The molecule has 1 aromatic rings. The molecule has 3 nitrogen and oxygen atoms in total. The van der Waals surface area contributed by atoms with Crippen molar-refractivity contribution in [2.24, 2.45) is 0 Å². The highest BCUT2D eigenvalue weighted by molar-refractivity contribution is 5.78. The molecular formula is C12H15NO2. The van der Waals surface area contributed by atoms with Gasteiger partial charge in [0.15, 0.2) is 5.72 Å². The zero-order valence-electron chi connectivity index (χ0n) is 8.81. The molecule has 1 aliphatic heterocycles. The molecule has 1 saturated heterocycles. The molecule has 1 amide bonds. The molecule has 3 heteroatoms. The Hall–Kier alpha value is -1.35. The van der Waals surface area contributed by atoms with Crippen LogP contribution in [-0.2, 0) is 10.5 Å². The Kier molecular flexibility index (Phi) is 2.49. The van der Waals surface area contributed by atoms with E-state index < -0.39 is 5.72 Å². The van der Waals surface area contributed by atoms with Gasteiger partial charge >= 0.3 is 0 Å². The number of amides is 1. The van der Waals surface area contributed by atoms with Gasteiger partial charge in [-0.25, -0.2) is 0 Å². The summed E-state index contributed by atoms with van der Waals surface area (Å²) in [5, 5.41) is 10.4. The third kappa shape index (κ3) is 1.75. The maximum Gasteiger partial charge on any atom is 0.225 e. The zero-order valence-corrected chi connectivity index (χ0v) is 8.81. The van der Waals surface area contributed by atoms with E-state index in [-0.39, 0.29) is 5.91 Å². The van der Waals surface area contributed by atoms with E-state index in [1.165, 1.54) is 0 Å². The van der Waals surface area contributed by atoms with Gasteiger partial charge < -0.3 is 10.0 Å².